The maximum absolute atomic E-state index is 12.5. The second kappa shape index (κ2) is 6.94. The molecule has 134 valence electrons. The molecular weight excluding hydrogens is 311 g/mol. The van der Waals surface area contributed by atoms with Gasteiger partial charge in [-0.15, -0.1) is 0 Å². The predicted octanol–water partition coefficient (Wildman–Crippen LogP) is 0.928. The summed E-state index contributed by atoms with van der Waals surface area (Å²) in [7, 11) is 0. The molecule has 0 spiro atoms. The van der Waals surface area contributed by atoms with Crippen molar-refractivity contribution in [3.05, 3.63) is 0 Å². The second-order valence-corrected chi connectivity index (χ2v) is 7.16. The molecule has 0 saturated carbocycles. The number of amides is 1. The number of likely N-dealkylation sites (tertiary alicyclic amines) is 1. The summed E-state index contributed by atoms with van der Waals surface area (Å²) in [6, 6.07) is -0.431. The molecule has 23 heavy (non-hydrogen) atoms. The van der Waals surface area contributed by atoms with E-state index in [9.17, 15) is 23.1 Å². The van der Waals surface area contributed by atoms with Crippen molar-refractivity contribution in [2.45, 2.75) is 44.5 Å². The van der Waals surface area contributed by atoms with Crippen molar-refractivity contribution in [3.8, 4) is 0 Å². The van der Waals surface area contributed by atoms with E-state index in [1.165, 1.54) is 0 Å². The summed E-state index contributed by atoms with van der Waals surface area (Å²) in [5.74, 6) is -0.404. The molecule has 1 N–H and O–H groups in total. The van der Waals surface area contributed by atoms with Crippen molar-refractivity contribution in [2.75, 3.05) is 45.8 Å². The molecule has 2 saturated heterocycles. The van der Waals surface area contributed by atoms with Gasteiger partial charge in [-0.3, -0.25) is 14.6 Å². The van der Waals surface area contributed by atoms with Gasteiger partial charge in [-0.2, -0.15) is 13.2 Å². The zero-order chi connectivity index (χ0) is 17.3. The lowest BCUT2D eigenvalue weighted by atomic mass is 10.1. The van der Waals surface area contributed by atoms with Gasteiger partial charge in [0.2, 0.25) is 5.91 Å². The molecule has 2 heterocycles. The van der Waals surface area contributed by atoms with Crippen molar-refractivity contribution in [1.82, 2.24) is 14.7 Å². The molecule has 0 aromatic rings. The first-order valence-electron chi connectivity index (χ1n) is 8.09. The Bertz CT molecular complexity index is 423. The third kappa shape index (κ3) is 5.61. The van der Waals surface area contributed by atoms with E-state index in [0.717, 1.165) is 17.9 Å². The zero-order valence-corrected chi connectivity index (χ0v) is 13.8. The normalized spacial score (nSPS) is 25.9. The standard InChI is InChI=1S/C15H26F3N3O2/c1-14(2,23)10-19-5-3-6-20(9-8-19)12-4-7-21(13(12)22)11-15(16,17)18/h12,23H,3-11H2,1-2H3. The largest absolute Gasteiger partial charge is 0.406 e. The van der Waals surface area contributed by atoms with E-state index in [4.69, 9.17) is 0 Å². The van der Waals surface area contributed by atoms with Gasteiger partial charge in [-0.05, 0) is 33.2 Å². The minimum atomic E-state index is -4.34. The van der Waals surface area contributed by atoms with Crippen molar-refractivity contribution in [2.24, 2.45) is 0 Å². The molecule has 0 radical (unpaired) electrons. The Kier molecular flexibility index (Phi) is 5.58. The SMILES string of the molecule is CC(C)(O)CN1CCCN(C2CCN(CC(F)(F)F)C2=O)CC1. The minimum Gasteiger partial charge on any atom is -0.389 e. The first-order valence-corrected chi connectivity index (χ1v) is 8.09. The lowest BCUT2D eigenvalue weighted by Gasteiger charge is -2.29. The summed E-state index contributed by atoms with van der Waals surface area (Å²) < 4.78 is 37.5. The smallest absolute Gasteiger partial charge is 0.389 e. The highest BCUT2D eigenvalue weighted by atomic mass is 19.4. The average Bonchev–Trinajstić information content (AvgIpc) is 2.59. The van der Waals surface area contributed by atoms with Crippen LogP contribution in [0.2, 0.25) is 0 Å². The Morgan fingerprint density at radius 3 is 2.39 bits per heavy atom. The molecule has 2 aliphatic heterocycles. The van der Waals surface area contributed by atoms with Gasteiger partial charge in [0.15, 0.2) is 0 Å². The Morgan fingerprint density at radius 2 is 1.78 bits per heavy atom. The van der Waals surface area contributed by atoms with Crippen LogP contribution in [-0.4, -0.2) is 89.3 Å². The Hall–Kier alpha value is -0.860. The van der Waals surface area contributed by atoms with Gasteiger partial charge in [0, 0.05) is 32.7 Å². The number of carbonyl (C=O) groups is 1. The van der Waals surface area contributed by atoms with Gasteiger partial charge in [0.05, 0.1) is 11.6 Å². The molecule has 5 nitrogen and oxygen atoms in total. The van der Waals surface area contributed by atoms with Crippen LogP contribution in [0.15, 0.2) is 0 Å². The Labute approximate surface area is 135 Å². The van der Waals surface area contributed by atoms with E-state index in [-0.39, 0.29) is 6.54 Å². The lowest BCUT2D eigenvalue weighted by Crippen LogP contribution is -2.46. The number of carbonyl (C=O) groups excluding carboxylic acids is 1. The number of nitrogens with zero attached hydrogens (tertiary/aromatic N) is 3. The maximum Gasteiger partial charge on any atom is 0.406 e. The van der Waals surface area contributed by atoms with Gasteiger partial charge in [-0.25, -0.2) is 0 Å². The molecule has 0 aromatic heterocycles. The molecule has 1 unspecified atom stereocenters. The highest BCUT2D eigenvalue weighted by molar-refractivity contribution is 5.84. The fourth-order valence-electron chi connectivity index (χ4n) is 3.44. The van der Waals surface area contributed by atoms with Crippen molar-refractivity contribution >= 4 is 5.91 Å². The highest BCUT2D eigenvalue weighted by Crippen LogP contribution is 2.24. The summed E-state index contributed by atoms with van der Waals surface area (Å²) in [6.45, 7) is 5.98. The number of rotatable bonds is 4. The van der Waals surface area contributed by atoms with E-state index in [1.807, 2.05) is 4.90 Å². The molecule has 2 fully saturated rings. The van der Waals surface area contributed by atoms with Gasteiger partial charge in [0.25, 0.3) is 0 Å². The van der Waals surface area contributed by atoms with Crippen LogP contribution < -0.4 is 0 Å². The lowest BCUT2D eigenvalue weighted by molar-refractivity contribution is -0.159. The van der Waals surface area contributed by atoms with Crippen molar-refractivity contribution < 1.29 is 23.1 Å². The fraction of sp³-hybridized carbons (Fsp3) is 0.933. The Balaban J connectivity index is 1.89. The molecule has 0 bridgehead atoms. The van der Waals surface area contributed by atoms with E-state index >= 15 is 0 Å². The molecule has 2 aliphatic rings. The Morgan fingerprint density at radius 1 is 1.09 bits per heavy atom. The molecule has 2 rings (SSSR count). The van der Waals surface area contributed by atoms with E-state index in [2.05, 4.69) is 4.90 Å². The summed E-state index contributed by atoms with van der Waals surface area (Å²) in [5.41, 5.74) is -0.776. The van der Waals surface area contributed by atoms with Crippen LogP contribution in [0.25, 0.3) is 0 Å². The molecule has 0 aromatic carbocycles. The first kappa shape index (κ1) is 18.5. The summed E-state index contributed by atoms with van der Waals surface area (Å²) in [4.78, 5) is 17.3. The van der Waals surface area contributed by atoms with Crippen molar-refractivity contribution in [3.63, 3.8) is 0 Å². The first-order chi connectivity index (χ1) is 10.6. The number of β-amino-alcohol motifs (C(OH)–C–C–N with tert-alkyl or cyclic N) is 1. The summed E-state index contributed by atoms with van der Waals surface area (Å²) >= 11 is 0. The summed E-state index contributed by atoms with van der Waals surface area (Å²) in [5, 5.41) is 9.90. The van der Waals surface area contributed by atoms with Crippen molar-refractivity contribution in [1.29, 1.82) is 0 Å². The monoisotopic (exact) mass is 337 g/mol. The van der Waals surface area contributed by atoms with Crippen LogP contribution in [0, 0.1) is 0 Å². The van der Waals surface area contributed by atoms with E-state index in [1.54, 1.807) is 13.8 Å². The van der Waals surface area contributed by atoms with E-state index < -0.39 is 30.3 Å². The van der Waals surface area contributed by atoms with Gasteiger partial charge < -0.3 is 10.0 Å². The summed E-state index contributed by atoms with van der Waals surface area (Å²) in [6.07, 6.45) is -3.04. The maximum atomic E-state index is 12.5. The van der Waals surface area contributed by atoms with Crippen LogP contribution in [0.5, 0.6) is 0 Å². The number of alkyl halides is 3. The minimum absolute atomic E-state index is 0.174. The topological polar surface area (TPSA) is 47.0 Å². The third-order valence-electron chi connectivity index (χ3n) is 4.31. The number of hydrogen-bond acceptors (Lipinski definition) is 4. The average molecular weight is 337 g/mol. The zero-order valence-electron chi connectivity index (χ0n) is 13.8. The highest BCUT2D eigenvalue weighted by Gasteiger charge is 2.41. The predicted molar refractivity (Wildman–Crippen MR) is 80.0 cm³/mol. The van der Waals surface area contributed by atoms with Gasteiger partial charge in [0.1, 0.15) is 6.54 Å². The molecule has 1 atom stereocenters. The van der Waals surface area contributed by atoms with Crippen LogP contribution >= 0.6 is 0 Å². The van der Waals surface area contributed by atoms with Gasteiger partial charge in [-0.1, -0.05) is 0 Å². The second-order valence-electron chi connectivity index (χ2n) is 7.16. The van der Waals surface area contributed by atoms with Gasteiger partial charge >= 0.3 is 6.18 Å². The number of aliphatic hydroxyl groups is 1. The van der Waals surface area contributed by atoms with Crippen LogP contribution in [0.3, 0.4) is 0 Å². The van der Waals surface area contributed by atoms with E-state index in [0.29, 0.717) is 32.6 Å². The van der Waals surface area contributed by atoms with Crippen LogP contribution in [-0.2, 0) is 4.79 Å². The molecule has 0 aliphatic carbocycles. The van der Waals surface area contributed by atoms with Crippen LogP contribution in [0.4, 0.5) is 13.2 Å². The molecular formula is C15H26F3N3O2. The number of hydrogen-bond donors (Lipinski definition) is 1. The third-order valence-corrected chi connectivity index (χ3v) is 4.31. The van der Waals surface area contributed by atoms with Crippen LogP contribution in [0.1, 0.15) is 26.7 Å². The quantitative estimate of drug-likeness (QED) is 0.829. The molecule has 8 heteroatoms. The number of halogens is 3. The molecule has 1 amide bonds. The fourth-order valence-corrected chi connectivity index (χ4v) is 3.44.